The number of amides is 1. The van der Waals surface area contributed by atoms with Gasteiger partial charge in [0.2, 0.25) is 0 Å². The molecular weight excluding hydrogens is 462 g/mol. The molecule has 2 aliphatic rings. The predicted octanol–water partition coefficient (Wildman–Crippen LogP) is 2.72. The van der Waals surface area contributed by atoms with E-state index in [9.17, 15) is 9.59 Å². The lowest BCUT2D eigenvalue weighted by Crippen LogP contribution is -2.40. The first-order valence-electron chi connectivity index (χ1n) is 12.5. The Hall–Kier alpha value is -3.44. The van der Waals surface area contributed by atoms with Crippen molar-refractivity contribution in [2.45, 2.75) is 56.7 Å². The average Bonchev–Trinajstić information content (AvgIpc) is 3.34. The molecule has 192 valence electrons. The Labute approximate surface area is 209 Å². The standard InChI is InChI=1S/C25H33N7O4/c1-26-22-14-21(29-20-7-4-10-31(25(20)34)17-8-11-36-12-9-17)30-23-19(15-27-32(22)23)24(33)28-16-5-3-6-18(13-16)35-2/h4,7,10,14-18,26H,3,5-6,8-9,11-13H2,1-2H3,(H,28,33)(H,29,30)/t16?,18-/m1/s1. The Kier molecular flexibility index (Phi) is 7.19. The van der Waals surface area contributed by atoms with Crippen molar-refractivity contribution in [2.75, 3.05) is 38.0 Å². The molecule has 11 heteroatoms. The predicted molar refractivity (Wildman–Crippen MR) is 136 cm³/mol. The van der Waals surface area contributed by atoms with Crippen LogP contribution in [0.3, 0.4) is 0 Å². The van der Waals surface area contributed by atoms with Crippen LogP contribution in [0.4, 0.5) is 17.3 Å². The fourth-order valence-electron chi connectivity index (χ4n) is 5.11. The maximum Gasteiger partial charge on any atom is 0.274 e. The number of fused-ring (bicyclic) bond motifs is 1. The second-order valence-electron chi connectivity index (χ2n) is 9.37. The number of pyridine rings is 1. The minimum absolute atomic E-state index is 0.0456. The van der Waals surface area contributed by atoms with Gasteiger partial charge in [-0.1, -0.05) is 0 Å². The summed E-state index contributed by atoms with van der Waals surface area (Å²) < 4.78 is 14.3. The molecule has 0 spiro atoms. The summed E-state index contributed by atoms with van der Waals surface area (Å²) in [4.78, 5) is 31.1. The molecule has 3 aromatic rings. The van der Waals surface area contributed by atoms with Gasteiger partial charge in [-0.25, -0.2) is 4.98 Å². The molecule has 4 heterocycles. The van der Waals surface area contributed by atoms with Gasteiger partial charge < -0.3 is 30.0 Å². The Balaban J connectivity index is 1.42. The van der Waals surface area contributed by atoms with Crippen molar-refractivity contribution < 1.29 is 14.3 Å². The number of nitrogens with zero attached hydrogens (tertiary/aromatic N) is 4. The first-order valence-corrected chi connectivity index (χ1v) is 12.5. The third kappa shape index (κ3) is 4.93. The van der Waals surface area contributed by atoms with E-state index in [4.69, 9.17) is 9.47 Å². The van der Waals surface area contributed by atoms with E-state index in [0.29, 0.717) is 41.7 Å². The first kappa shape index (κ1) is 24.3. The zero-order valence-electron chi connectivity index (χ0n) is 20.7. The third-order valence-corrected chi connectivity index (χ3v) is 7.09. The number of ether oxygens (including phenoxy) is 2. The molecule has 5 rings (SSSR count). The van der Waals surface area contributed by atoms with Gasteiger partial charge >= 0.3 is 0 Å². The van der Waals surface area contributed by atoms with Crippen molar-refractivity contribution in [3.63, 3.8) is 0 Å². The first-order chi connectivity index (χ1) is 17.6. The summed E-state index contributed by atoms with van der Waals surface area (Å²) in [5.41, 5.74) is 1.08. The number of aromatic nitrogens is 4. The highest BCUT2D eigenvalue weighted by Gasteiger charge is 2.25. The zero-order valence-corrected chi connectivity index (χ0v) is 20.7. The molecule has 1 amide bonds. The number of carbonyl (C=O) groups excluding carboxylic acids is 1. The average molecular weight is 496 g/mol. The van der Waals surface area contributed by atoms with E-state index in [0.717, 1.165) is 38.5 Å². The topological polar surface area (TPSA) is 124 Å². The summed E-state index contributed by atoms with van der Waals surface area (Å²) in [6.07, 6.45) is 8.84. The Morgan fingerprint density at radius 1 is 1.22 bits per heavy atom. The van der Waals surface area contributed by atoms with Crippen LogP contribution in [0.1, 0.15) is 54.9 Å². The fraction of sp³-hybridized carbons (Fsp3) is 0.520. The molecular formula is C25H33N7O4. The monoisotopic (exact) mass is 495 g/mol. The van der Waals surface area contributed by atoms with Gasteiger partial charge in [-0.15, -0.1) is 0 Å². The summed E-state index contributed by atoms with van der Waals surface area (Å²) in [6.45, 7) is 1.30. The van der Waals surface area contributed by atoms with E-state index in [2.05, 4.69) is 26.0 Å². The maximum atomic E-state index is 13.2. The highest BCUT2D eigenvalue weighted by molar-refractivity contribution is 6.00. The Morgan fingerprint density at radius 3 is 2.83 bits per heavy atom. The van der Waals surface area contributed by atoms with Gasteiger partial charge in [0.05, 0.1) is 12.3 Å². The van der Waals surface area contributed by atoms with Crippen molar-refractivity contribution in [3.05, 3.63) is 46.5 Å². The summed E-state index contributed by atoms with van der Waals surface area (Å²) in [7, 11) is 3.48. The zero-order chi connectivity index (χ0) is 25.1. The lowest BCUT2D eigenvalue weighted by Gasteiger charge is -2.28. The van der Waals surface area contributed by atoms with Gasteiger partial charge in [-0.05, 0) is 50.7 Å². The Morgan fingerprint density at radius 2 is 2.06 bits per heavy atom. The van der Waals surface area contributed by atoms with Gasteiger partial charge in [0.1, 0.15) is 22.9 Å². The van der Waals surface area contributed by atoms with E-state index in [1.165, 1.54) is 6.20 Å². The number of carbonyl (C=O) groups is 1. The molecule has 2 fully saturated rings. The molecule has 1 saturated heterocycles. The lowest BCUT2D eigenvalue weighted by molar-refractivity contribution is 0.0563. The molecule has 1 aliphatic heterocycles. The van der Waals surface area contributed by atoms with Crippen molar-refractivity contribution in [2.24, 2.45) is 0 Å². The summed E-state index contributed by atoms with van der Waals surface area (Å²) in [6, 6.07) is 5.51. The number of rotatable bonds is 7. The van der Waals surface area contributed by atoms with Crippen LogP contribution in [-0.4, -0.2) is 64.6 Å². The molecule has 0 bridgehead atoms. The second-order valence-corrected chi connectivity index (χ2v) is 9.37. The van der Waals surface area contributed by atoms with Gasteiger partial charge in [-0.2, -0.15) is 9.61 Å². The molecule has 1 saturated carbocycles. The lowest BCUT2D eigenvalue weighted by atomic mass is 9.92. The quantitative estimate of drug-likeness (QED) is 0.457. The normalized spacial score (nSPS) is 20.8. The summed E-state index contributed by atoms with van der Waals surface area (Å²) in [5.74, 6) is 0.861. The number of hydrogen-bond donors (Lipinski definition) is 3. The van der Waals surface area contributed by atoms with Gasteiger partial charge in [0, 0.05) is 51.7 Å². The third-order valence-electron chi connectivity index (χ3n) is 7.09. The van der Waals surface area contributed by atoms with E-state index < -0.39 is 0 Å². The molecule has 1 aliphatic carbocycles. The van der Waals surface area contributed by atoms with Gasteiger partial charge in [-0.3, -0.25) is 9.59 Å². The van der Waals surface area contributed by atoms with Gasteiger partial charge in [0.25, 0.3) is 11.5 Å². The van der Waals surface area contributed by atoms with Crippen LogP contribution in [0.2, 0.25) is 0 Å². The molecule has 11 nitrogen and oxygen atoms in total. The van der Waals surface area contributed by atoms with Crippen LogP contribution in [0.25, 0.3) is 5.65 Å². The highest BCUT2D eigenvalue weighted by Crippen LogP contribution is 2.24. The van der Waals surface area contributed by atoms with Crippen molar-refractivity contribution >= 4 is 28.9 Å². The van der Waals surface area contributed by atoms with Crippen LogP contribution in [0.15, 0.2) is 35.4 Å². The Bertz CT molecular complexity index is 1280. The number of nitrogens with one attached hydrogen (secondary N) is 3. The van der Waals surface area contributed by atoms with Crippen molar-refractivity contribution in [1.82, 2.24) is 24.5 Å². The van der Waals surface area contributed by atoms with Crippen LogP contribution in [0.5, 0.6) is 0 Å². The largest absolute Gasteiger partial charge is 0.381 e. The van der Waals surface area contributed by atoms with E-state index in [-0.39, 0.29) is 29.7 Å². The molecule has 3 N–H and O–H groups in total. The van der Waals surface area contributed by atoms with Gasteiger partial charge in [0.15, 0.2) is 5.65 Å². The minimum Gasteiger partial charge on any atom is -0.381 e. The molecule has 3 aromatic heterocycles. The number of anilines is 3. The fourth-order valence-corrected chi connectivity index (χ4v) is 5.11. The minimum atomic E-state index is -0.222. The van der Waals surface area contributed by atoms with Crippen LogP contribution >= 0.6 is 0 Å². The molecule has 0 radical (unpaired) electrons. The van der Waals surface area contributed by atoms with Crippen LogP contribution < -0.4 is 21.5 Å². The van der Waals surface area contributed by atoms with E-state index in [1.54, 1.807) is 35.4 Å². The van der Waals surface area contributed by atoms with Crippen LogP contribution in [0, 0.1) is 0 Å². The van der Waals surface area contributed by atoms with E-state index in [1.807, 2.05) is 12.3 Å². The van der Waals surface area contributed by atoms with Crippen molar-refractivity contribution in [3.8, 4) is 0 Å². The smallest absolute Gasteiger partial charge is 0.274 e. The molecule has 0 aromatic carbocycles. The maximum absolute atomic E-state index is 13.2. The highest BCUT2D eigenvalue weighted by atomic mass is 16.5. The molecule has 1 unspecified atom stereocenters. The van der Waals surface area contributed by atoms with E-state index >= 15 is 0 Å². The second kappa shape index (κ2) is 10.7. The number of methoxy groups -OCH3 is 1. The summed E-state index contributed by atoms with van der Waals surface area (Å²) >= 11 is 0. The SMILES string of the molecule is CNc1cc(Nc2cccn(C3CCOCC3)c2=O)nc2c(C(=O)NC3CCC[C@@H](OC)C3)cnn12. The van der Waals surface area contributed by atoms with Crippen molar-refractivity contribution in [1.29, 1.82) is 0 Å². The van der Waals surface area contributed by atoms with Crippen LogP contribution in [-0.2, 0) is 9.47 Å². The molecule has 2 atom stereocenters. The molecule has 36 heavy (non-hydrogen) atoms. The summed E-state index contributed by atoms with van der Waals surface area (Å²) in [5, 5.41) is 13.8. The number of hydrogen-bond acceptors (Lipinski definition) is 8.